The van der Waals surface area contributed by atoms with Crippen molar-refractivity contribution in [1.29, 1.82) is 0 Å². The molecule has 1 N–H and O–H groups in total. The van der Waals surface area contributed by atoms with E-state index in [1.807, 2.05) is 54.6 Å². The van der Waals surface area contributed by atoms with Crippen LogP contribution in [0.3, 0.4) is 0 Å². The maximum atomic E-state index is 13.8. The van der Waals surface area contributed by atoms with Gasteiger partial charge in [0.05, 0.1) is 11.3 Å². The number of nitrogens with one attached hydrogen (secondary N) is 1. The molecule has 0 bridgehead atoms. The zero-order valence-electron chi connectivity index (χ0n) is 25.4. The number of hydrogen-bond donors (Lipinski definition) is 1. The van der Waals surface area contributed by atoms with Crippen molar-refractivity contribution in [2.75, 3.05) is 32.7 Å². The van der Waals surface area contributed by atoms with E-state index < -0.39 is 10.0 Å². The van der Waals surface area contributed by atoms with Crippen molar-refractivity contribution in [3.8, 4) is 11.1 Å². The van der Waals surface area contributed by atoms with Crippen LogP contribution in [0.25, 0.3) is 11.1 Å². The van der Waals surface area contributed by atoms with Crippen LogP contribution in [0.4, 0.5) is 0 Å². The minimum Gasteiger partial charge on any atom is -0.355 e. The normalized spacial score (nSPS) is 13.5. The Hall–Kier alpha value is -3.01. The van der Waals surface area contributed by atoms with Gasteiger partial charge in [0, 0.05) is 30.7 Å². The van der Waals surface area contributed by atoms with Crippen molar-refractivity contribution >= 4 is 44.3 Å². The van der Waals surface area contributed by atoms with Crippen LogP contribution in [0.5, 0.6) is 0 Å². The zero-order chi connectivity index (χ0) is 30.8. The molecule has 45 heavy (non-hydrogen) atoms. The van der Waals surface area contributed by atoms with E-state index in [4.69, 9.17) is 0 Å². The van der Waals surface area contributed by atoms with Crippen LogP contribution in [0.15, 0.2) is 112 Å². The number of halogens is 2. The maximum Gasteiger partial charge on any atom is 0.243 e. The number of rotatable bonds is 14. The number of carbonyl (C=O) groups excluding carboxylic acids is 1. The smallest absolute Gasteiger partial charge is 0.243 e. The maximum absolute atomic E-state index is 13.8. The molecule has 0 aliphatic carbocycles. The fourth-order valence-corrected chi connectivity index (χ4v) is 7.40. The van der Waals surface area contributed by atoms with E-state index in [0.717, 1.165) is 52.8 Å². The van der Waals surface area contributed by atoms with Crippen LogP contribution in [0.2, 0.25) is 0 Å². The number of likely N-dealkylation sites (tertiary alicyclic amines) is 1. The first kappa shape index (κ1) is 34.9. The molecule has 1 amide bonds. The summed E-state index contributed by atoms with van der Waals surface area (Å²) in [4.78, 5) is 15.3. The zero-order valence-corrected chi connectivity index (χ0v) is 28.6. The molecule has 0 aromatic heterocycles. The molecule has 238 valence electrons. The summed E-state index contributed by atoms with van der Waals surface area (Å²) in [5.41, 5.74) is 5.04. The van der Waals surface area contributed by atoms with Gasteiger partial charge in [0.2, 0.25) is 15.9 Å². The summed E-state index contributed by atoms with van der Waals surface area (Å²) in [5.74, 6) is 0.0272. The molecule has 1 fully saturated rings. The molecule has 4 aromatic carbocycles. The van der Waals surface area contributed by atoms with E-state index in [1.54, 1.807) is 28.6 Å². The summed E-state index contributed by atoms with van der Waals surface area (Å²) >= 11 is 3.41. The first-order valence-electron chi connectivity index (χ1n) is 15.3. The lowest BCUT2D eigenvalue weighted by Gasteiger charge is -2.23. The average molecular weight is 711 g/mol. The molecule has 6 nitrogen and oxygen atoms in total. The van der Waals surface area contributed by atoms with E-state index in [9.17, 15) is 13.2 Å². The van der Waals surface area contributed by atoms with Crippen molar-refractivity contribution in [1.82, 2.24) is 14.5 Å². The first-order chi connectivity index (χ1) is 21.4. The number of aryl methyl sites for hydroxylation is 1. The lowest BCUT2D eigenvalue weighted by atomic mass is 10.00. The molecule has 0 spiro atoms. The summed E-state index contributed by atoms with van der Waals surface area (Å²) in [6, 6.07) is 33.0. The molecule has 0 saturated carbocycles. The Labute approximate surface area is 282 Å². The van der Waals surface area contributed by atoms with Gasteiger partial charge in [-0.1, -0.05) is 88.7 Å². The topological polar surface area (TPSA) is 69.7 Å². The Bertz CT molecular complexity index is 1630. The third kappa shape index (κ3) is 10.2. The summed E-state index contributed by atoms with van der Waals surface area (Å²) in [7, 11) is -3.72. The highest BCUT2D eigenvalue weighted by atomic mass is 79.9. The number of benzene rings is 4. The molecular formula is C36H41BrClN3O3S. The van der Waals surface area contributed by atoms with Gasteiger partial charge in [0.15, 0.2) is 0 Å². The average Bonchev–Trinajstić information content (AvgIpc) is 3.55. The van der Waals surface area contributed by atoms with E-state index in [2.05, 4.69) is 50.4 Å². The minimum atomic E-state index is -3.72. The molecule has 5 rings (SSSR count). The Morgan fingerprint density at radius 3 is 2.11 bits per heavy atom. The van der Waals surface area contributed by atoms with Crippen molar-refractivity contribution in [3.63, 3.8) is 0 Å². The highest BCUT2D eigenvalue weighted by Gasteiger charge is 2.24. The molecule has 0 unspecified atom stereocenters. The molecular weight excluding hydrogens is 670 g/mol. The van der Waals surface area contributed by atoms with Crippen LogP contribution in [0.1, 0.15) is 36.0 Å². The summed E-state index contributed by atoms with van der Waals surface area (Å²) in [6.45, 7) is 4.49. The predicted molar refractivity (Wildman–Crippen MR) is 188 cm³/mol. The molecule has 1 heterocycles. The standard InChI is InChI=1S/C36H40BrN3O3S.ClH/c37-34-16-18-35(19-17-34)44(42,43)40(23-8-13-29-9-2-1-3-10-29)28-31-12-7-15-33(26-31)32-14-6-11-30(25-32)27-36(41)38-20-24-39-21-4-5-22-39;/h1-3,6-7,9-12,14-19,25-26H,4-5,8,13,20-24,27-28H2,(H,38,41);1H. The van der Waals surface area contributed by atoms with Crippen molar-refractivity contribution in [3.05, 3.63) is 124 Å². The molecule has 1 aliphatic rings. The van der Waals surface area contributed by atoms with Gasteiger partial charge in [0.1, 0.15) is 0 Å². The number of hydrogen-bond acceptors (Lipinski definition) is 4. The van der Waals surface area contributed by atoms with Crippen molar-refractivity contribution in [2.24, 2.45) is 0 Å². The second-order valence-electron chi connectivity index (χ2n) is 11.4. The van der Waals surface area contributed by atoms with Crippen molar-refractivity contribution < 1.29 is 13.2 Å². The van der Waals surface area contributed by atoms with Crippen LogP contribution in [-0.4, -0.2) is 56.3 Å². The van der Waals surface area contributed by atoms with Crippen LogP contribution < -0.4 is 5.32 Å². The number of nitrogens with zero attached hydrogens (tertiary/aromatic N) is 2. The van der Waals surface area contributed by atoms with Crippen LogP contribution in [-0.2, 0) is 34.2 Å². The Kier molecular flexibility index (Phi) is 13.2. The highest BCUT2D eigenvalue weighted by molar-refractivity contribution is 9.10. The monoisotopic (exact) mass is 709 g/mol. The van der Waals surface area contributed by atoms with Gasteiger partial charge in [-0.25, -0.2) is 8.42 Å². The van der Waals surface area contributed by atoms with E-state index in [1.165, 1.54) is 18.4 Å². The minimum absolute atomic E-state index is 0. The van der Waals surface area contributed by atoms with Crippen molar-refractivity contribution in [2.45, 2.75) is 43.5 Å². The lowest BCUT2D eigenvalue weighted by Crippen LogP contribution is -2.34. The Balaban J connectivity index is 0.00000461. The van der Waals surface area contributed by atoms with Gasteiger partial charge < -0.3 is 10.2 Å². The Morgan fingerprint density at radius 1 is 0.800 bits per heavy atom. The van der Waals surface area contributed by atoms with Gasteiger partial charge >= 0.3 is 0 Å². The first-order valence-corrected chi connectivity index (χ1v) is 17.6. The summed E-state index contributed by atoms with van der Waals surface area (Å²) in [6.07, 6.45) is 4.33. The lowest BCUT2D eigenvalue weighted by molar-refractivity contribution is -0.120. The van der Waals surface area contributed by atoms with Gasteiger partial charge in [-0.3, -0.25) is 4.79 Å². The molecule has 9 heteroatoms. The third-order valence-electron chi connectivity index (χ3n) is 8.03. The highest BCUT2D eigenvalue weighted by Crippen LogP contribution is 2.25. The second-order valence-corrected chi connectivity index (χ2v) is 14.2. The van der Waals surface area contributed by atoms with Gasteiger partial charge in [-0.05, 0) is 96.9 Å². The van der Waals surface area contributed by atoms with E-state index in [0.29, 0.717) is 25.9 Å². The van der Waals surface area contributed by atoms with Gasteiger partial charge in [-0.2, -0.15) is 4.31 Å². The summed E-state index contributed by atoms with van der Waals surface area (Å²) < 4.78 is 30.0. The van der Waals surface area contributed by atoms with Crippen LogP contribution in [0, 0.1) is 0 Å². The fourth-order valence-electron chi connectivity index (χ4n) is 5.67. The number of amides is 1. The molecule has 1 saturated heterocycles. The van der Waals surface area contributed by atoms with E-state index >= 15 is 0 Å². The summed E-state index contributed by atoms with van der Waals surface area (Å²) in [5, 5.41) is 3.06. The van der Waals surface area contributed by atoms with Crippen LogP contribution >= 0.6 is 28.3 Å². The number of sulfonamides is 1. The number of carbonyl (C=O) groups is 1. The third-order valence-corrected chi connectivity index (χ3v) is 10.4. The largest absolute Gasteiger partial charge is 0.355 e. The Morgan fingerprint density at radius 2 is 1.42 bits per heavy atom. The molecule has 1 aliphatic heterocycles. The molecule has 0 radical (unpaired) electrons. The molecule has 0 atom stereocenters. The SMILES string of the molecule is Cl.O=C(Cc1cccc(-c2cccc(CN(CCCc3ccccc3)S(=O)(=O)c3ccc(Br)cc3)c2)c1)NCCN1CCCC1. The fraction of sp³-hybridized carbons (Fsp3) is 0.306. The predicted octanol–water partition coefficient (Wildman–Crippen LogP) is 7.12. The molecule has 4 aromatic rings. The van der Waals surface area contributed by atoms with E-state index in [-0.39, 0.29) is 29.8 Å². The van der Waals surface area contributed by atoms with Gasteiger partial charge in [-0.15, -0.1) is 12.4 Å². The van der Waals surface area contributed by atoms with Gasteiger partial charge in [0.25, 0.3) is 0 Å². The second kappa shape index (κ2) is 17.1. The quantitative estimate of drug-likeness (QED) is 0.152.